The van der Waals surface area contributed by atoms with Gasteiger partial charge < -0.3 is 4.90 Å². The van der Waals surface area contributed by atoms with Crippen LogP contribution < -0.4 is 0 Å². The number of thiazole rings is 1. The molecule has 3 aromatic rings. The first-order valence-corrected chi connectivity index (χ1v) is 10.2. The van der Waals surface area contributed by atoms with Gasteiger partial charge in [0.15, 0.2) is 0 Å². The second kappa shape index (κ2) is 7.26. The number of fused-ring (bicyclic) bond motifs is 1. The van der Waals surface area contributed by atoms with E-state index in [2.05, 4.69) is 34.1 Å². The van der Waals surface area contributed by atoms with Crippen molar-refractivity contribution < 1.29 is 4.79 Å². The number of carbonyl (C=O) groups is 1. The van der Waals surface area contributed by atoms with E-state index in [-0.39, 0.29) is 11.9 Å². The van der Waals surface area contributed by atoms with Crippen LogP contribution in [0, 0.1) is 0 Å². The van der Waals surface area contributed by atoms with Crippen LogP contribution in [0.5, 0.6) is 0 Å². The third-order valence-corrected chi connectivity index (χ3v) is 6.32. The maximum atomic E-state index is 12.8. The summed E-state index contributed by atoms with van der Waals surface area (Å²) in [6.07, 6.45) is 3.41. The summed E-state index contributed by atoms with van der Waals surface area (Å²) in [4.78, 5) is 19.6. The maximum Gasteiger partial charge on any atom is 0.223 e. The van der Waals surface area contributed by atoms with E-state index in [1.807, 2.05) is 35.2 Å². The van der Waals surface area contributed by atoms with Gasteiger partial charge in [0, 0.05) is 17.4 Å². The SMILES string of the molecule is O=C(CCc1cccc(Br)c1)N1CCCC1c1nc2ccccc2s1. The van der Waals surface area contributed by atoms with E-state index in [1.54, 1.807) is 11.3 Å². The zero-order valence-electron chi connectivity index (χ0n) is 13.8. The average molecular weight is 415 g/mol. The van der Waals surface area contributed by atoms with Gasteiger partial charge in [-0.05, 0) is 49.1 Å². The largest absolute Gasteiger partial charge is 0.333 e. The van der Waals surface area contributed by atoms with E-state index in [0.717, 1.165) is 40.8 Å². The Kier molecular flexibility index (Phi) is 4.86. The van der Waals surface area contributed by atoms with Crippen LogP contribution in [0.3, 0.4) is 0 Å². The number of amides is 1. The minimum atomic E-state index is 0.146. The molecule has 2 aromatic carbocycles. The van der Waals surface area contributed by atoms with Gasteiger partial charge in [0.2, 0.25) is 5.91 Å². The summed E-state index contributed by atoms with van der Waals surface area (Å²) in [7, 11) is 0. The van der Waals surface area contributed by atoms with Crippen LogP contribution in [0.15, 0.2) is 53.0 Å². The number of hydrogen-bond donors (Lipinski definition) is 0. The topological polar surface area (TPSA) is 33.2 Å². The van der Waals surface area contributed by atoms with Crippen molar-refractivity contribution in [1.82, 2.24) is 9.88 Å². The molecule has 0 saturated carbocycles. The molecule has 0 radical (unpaired) electrons. The molecule has 0 aliphatic carbocycles. The average Bonchev–Trinajstić information content (AvgIpc) is 3.26. The Morgan fingerprint density at radius 3 is 2.96 bits per heavy atom. The van der Waals surface area contributed by atoms with Gasteiger partial charge >= 0.3 is 0 Å². The Morgan fingerprint density at radius 1 is 1.24 bits per heavy atom. The number of para-hydroxylation sites is 1. The van der Waals surface area contributed by atoms with Crippen molar-refractivity contribution in [1.29, 1.82) is 0 Å². The van der Waals surface area contributed by atoms with E-state index in [9.17, 15) is 4.79 Å². The molecule has 1 aliphatic heterocycles. The van der Waals surface area contributed by atoms with Crippen molar-refractivity contribution >= 4 is 43.4 Å². The number of aryl methyl sites for hydroxylation is 1. The predicted molar refractivity (Wildman–Crippen MR) is 106 cm³/mol. The van der Waals surface area contributed by atoms with Gasteiger partial charge in [0.25, 0.3) is 0 Å². The summed E-state index contributed by atoms with van der Waals surface area (Å²) in [6, 6.07) is 16.5. The van der Waals surface area contributed by atoms with E-state index in [0.29, 0.717) is 6.42 Å². The number of halogens is 1. The number of nitrogens with zero attached hydrogens (tertiary/aromatic N) is 2. The van der Waals surface area contributed by atoms with Gasteiger partial charge in [-0.2, -0.15) is 0 Å². The number of aromatic nitrogens is 1. The summed E-state index contributed by atoms with van der Waals surface area (Å²) in [5.41, 5.74) is 2.23. The normalized spacial score (nSPS) is 17.3. The highest BCUT2D eigenvalue weighted by Gasteiger charge is 2.31. The number of likely N-dealkylation sites (tertiary alicyclic amines) is 1. The highest BCUT2D eigenvalue weighted by molar-refractivity contribution is 9.10. The molecule has 0 bridgehead atoms. The molecule has 1 amide bonds. The molecule has 128 valence electrons. The quantitative estimate of drug-likeness (QED) is 0.575. The first-order chi connectivity index (χ1) is 12.2. The summed E-state index contributed by atoms with van der Waals surface area (Å²) in [6.45, 7) is 0.845. The molecule has 5 heteroatoms. The molecule has 1 unspecified atom stereocenters. The zero-order chi connectivity index (χ0) is 17.2. The molecule has 1 atom stereocenters. The third kappa shape index (κ3) is 3.62. The van der Waals surface area contributed by atoms with Crippen molar-refractivity contribution in [3.05, 3.63) is 63.6 Å². The van der Waals surface area contributed by atoms with Gasteiger partial charge in [-0.25, -0.2) is 4.98 Å². The zero-order valence-corrected chi connectivity index (χ0v) is 16.2. The number of carbonyl (C=O) groups excluding carboxylic acids is 1. The van der Waals surface area contributed by atoms with Gasteiger partial charge in [-0.1, -0.05) is 40.2 Å². The monoisotopic (exact) mass is 414 g/mol. The van der Waals surface area contributed by atoms with Crippen LogP contribution in [0.2, 0.25) is 0 Å². The van der Waals surface area contributed by atoms with E-state index >= 15 is 0 Å². The van der Waals surface area contributed by atoms with Crippen molar-refractivity contribution in [3.8, 4) is 0 Å². The molecule has 0 spiro atoms. The fraction of sp³-hybridized carbons (Fsp3) is 0.300. The van der Waals surface area contributed by atoms with Crippen LogP contribution in [0.1, 0.15) is 35.9 Å². The lowest BCUT2D eigenvalue weighted by Crippen LogP contribution is -2.30. The molecule has 3 nitrogen and oxygen atoms in total. The van der Waals surface area contributed by atoms with Gasteiger partial charge in [-0.3, -0.25) is 4.79 Å². The highest BCUT2D eigenvalue weighted by Crippen LogP contribution is 2.36. The summed E-state index contributed by atoms with van der Waals surface area (Å²) in [5, 5.41) is 1.08. The minimum Gasteiger partial charge on any atom is -0.333 e. The Labute approximate surface area is 159 Å². The lowest BCUT2D eigenvalue weighted by atomic mass is 10.1. The lowest BCUT2D eigenvalue weighted by molar-refractivity contribution is -0.132. The fourth-order valence-electron chi connectivity index (χ4n) is 3.44. The molecule has 1 fully saturated rings. The first kappa shape index (κ1) is 16.7. The summed E-state index contributed by atoms with van der Waals surface area (Å²) in [5.74, 6) is 0.238. The van der Waals surface area contributed by atoms with Crippen molar-refractivity contribution in [2.75, 3.05) is 6.54 Å². The Bertz CT molecular complexity index is 874. The van der Waals surface area contributed by atoms with Gasteiger partial charge in [0.05, 0.1) is 16.3 Å². The lowest BCUT2D eigenvalue weighted by Gasteiger charge is -2.23. The third-order valence-electron chi connectivity index (χ3n) is 4.69. The number of hydrogen-bond acceptors (Lipinski definition) is 3. The predicted octanol–water partition coefficient (Wildman–Crippen LogP) is 5.36. The fourth-order valence-corrected chi connectivity index (χ4v) is 5.00. The number of rotatable bonds is 4. The standard InChI is InChI=1S/C20H19BrN2OS/c21-15-6-3-5-14(13-15)10-11-19(24)23-12-4-8-17(23)20-22-16-7-1-2-9-18(16)25-20/h1-3,5-7,9,13,17H,4,8,10-12H2. The minimum absolute atomic E-state index is 0.146. The van der Waals surface area contributed by atoms with Gasteiger partial charge in [-0.15, -0.1) is 11.3 Å². The molecule has 0 N–H and O–H groups in total. The van der Waals surface area contributed by atoms with Crippen LogP contribution in [-0.2, 0) is 11.2 Å². The van der Waals surface area contributed by atoms with Crippen LogP contribution >= 0.6 is 27.3 Å². The molecule has 25 heavy (non-hydrogen) atoms. The van der Waals surface area contributed by atoms with Crippen LogP contribution in [-0.4, -0.2) is 22.3 Å². The Morgan fingerprint density at radius 2 is 2.12 bits per heavy atom. The first-order valence-electron chi connectivity index (χ1n) is 8.60. The van der Waals surface area contributed by atoms with Gasteiger partial charge in [0.1, 0.15) is 5.01 Å². The Balaban J connectivity index is 1.47. The van der Waals surface area contributed by atoms with Crippen LogP contribution in [0.25, 0.3) is 10.2 Å². The number of benzene rings is 2. The van der Waals surface area contributed by atoms with Crippen molar-refractivity contribution in [2.24, 2.45) is 0 Å². The maximum absolute atomic E-state index is 12.8. The molecule has 2 heterocycles. The molecular formula is C20H19BrN2OS. The van der Waals surface area contributed by atoms with E-state index in [1.165, 1.54) is 10.3 Å². The smallest absolute Gasteiger partial charge is 0.223 e. The van der Waals surface area contributed by atoms with Crippen LogP contribution in [0.4, 0.5) is 0 Å². The summed E-state index contributed by atoms with van der Waals surface area (Å²) >= 11 is 5.21. The van der Waals surface area contributed by atoms with Crippen molar-refractivity contribution in [3.63, 3.8) is 0 Å². The van der Waals surface area contributed by atoms with Crippen molar-refractivity contribution in [2.45, 2.75) is 31.7 Å². The second-order valence-corrected chi connectivity index (χ2v) is 8.37. The molecule has 1 saturated heterocycles. The second-order valence-electron chi connectivity index (χ2n) is 6.39. The molecular weight excluding hydrogens is 396 g/mol. The molecule has 1 aliphatic rings. The highest BCUT2D eigenvalue weighted by atomic mass is 79.9. The Hall–Kier alpha value is -1.72. The van der Waals surface area contributed by atoms with E-state index in [4.69, 9.17) is 4.98 Å². The summed E-state index contributed by atoms with van der Waals surface area (Å²) < 4.78 is 2.26. The van der Waals surface area contributed by atoms with E-state index < -0.39 is 0 Å². The molecule has 1 aromatic heterocycles. The molecule has 4 rings (SSSR count).